The number of aromatic nitrogens is 1. The van der Waals surface area contributed by atoms with Crippen LogP contribution in [0.4, 0.5) is 11.4 Å². The van der Waals surface area contributed by atoms with Gasteiger partial charge >= 0.3 is 0 Å². The number of rotatable bonds is 8. The van der Waals surface area contributed by atoms with Crippen molar-refractivity contribution in [3.63, 3.8) is 0 Å². The number of nitrogen functional groups attached to an aromatic ring is 1. The zero-order chi connectivity index (χ0) is 25.8. The number of hydrogen-bond acceptors (Lipinski definition) is 7. The van der Waals surface area contributed by atoms with Crippen LogP contribution in [0.3, 0.4) is 0 Å². The van der Waals surface area contributed by atoms with Crippen LogP contribution in [0.1, 0.15) is 48.8 Å². The molecule has 0 radical (unpaired) electrons. The molecule has 0 saturated carbocycles. The number of benzene rings is 2. The number of aryl methyl sites for hydroxylation is 2. The summed E-state index contributed by atoms with van der Waals surface area (Å²) in [5.41, 5.74) is 13.4. The molecule has 0 aliphatic carbocycles. The predicted octanol–water partition coefficient (Wildman–Crippen LogP) is 3.74. The highest BCUT2D eigenvalue weighted by atomic mass is 32.1. The summed E-state index contributed by atoms with van der Waals surface area (Å²) in [6.45, 7) is 3.91. The summed E-state index contributed by atoms with van der Waals surface area (Å²) in [6, 6.07) is 18.7. The number of nitrogens with two attached hydrogens (primary N) is 2. The minimum Gasteiger partial charge on any atom is -0.464 e. The lowest BCUT2D eigenvalue weighted by Gasteiger charge is -2.30. The van der Waals surface area contributed by atoms with Crippen molar-refractivity contribution in [1.29, 1.82) is 0 Å². The Labute approximate surface area is 211 Å². The standard InChI is InChI=1S/C26H25N5O4S/c1-15-8-11-18(12-9-15)31(26(34)23-20(27)21(24(28)32)30-36-23)22(19-13-10-16(2)35-19)25(33)29-14-17-6-4-3-5-7-17/h3-13,22H,14,27H2,1-2H3,(H2,28,32)(H,29,33)/t22-/m1/s1. The first-order valence-corrected chi connectivity index (χ1v) is 11.9. The Kier molecular flexibility index (Phi) is 7.16. The summed E-state index contributed by atoms with van der Waals surface area (Å²) in [6.07, 6.45) is 0. The normalized spacial score (nSPS) is 11.6. The summed E-state index contributed by atoms with van der Waals surface area (Å²) < 4.78 is 9.79. The van der Waals surface area contributed by atoms with Crippen LogP contribution in [0.15, 0.2) is 71.1 Å². The summed E-state index contributed by atoms with van der Waals surface area (Å²) in [5.74, 6) is -1.07. The van der Waals surface area contributed by atoms with E-state index >= 15 is 0 Å². The number of nitrogens with zero attached hydrogens (tertiary/aromatic N) is 2. The number of anilines is 2. The van der Waals surface area contributed by atoms with E-state index in [9.17, 15) is 14.4 Å². The van der Waals surface area contributed by atoms with Crippen LogP contribution < -0.4 is 21.7 Å². The second kappa shape index (κ2) is 10.4. The van der Waals surface area contributed by atoms with Gasteiger partial charge in [-0.1, -0.05) is 48.0 Å². The molecule has 0 aliphatic heterocycles. The molecule has 2 heterocycles. The van der Waals surface area contributed by atoms with Gasteiger partial charge in [0.25, 0.3) is 17.7 Å². The number of amides is 3. The molecule has 0 aliphatic rings. The number of carbonyl (C=O) groups excluding carboxylic acids is 3. The van der Waals surface area contributed by atoms with Crippen LogP contribution in [0, 0.1) is 13.8 Å². The maximum Gasteiger partial charge on any atom is 0.273 e. The zero-order valence-corrected chi connectivity index (χ0v) is 20.5. The fraction of sp³-hybridized carbons (Fsp3) is 0.154. The van der Waals surface area contributed by atoms with Crippen LogP contribution in [0.2, 0.25) is 0 Å². The number of furan rings is 1. The van der Waals surface area contributed by atoms with Gasteiger partial charge in [0.15, 0.2) is 11.7 Å². The molecule has 5 N–H and O–H groups in total. The lowest BCUT2D eigenvalue weighted by atomic mass is 10.1. The van der Waals surface area contributed by atoms with Crippen molar-refractivity contribution in [2.45, 2.75) is 26.4 Å². The van der Waals surface area contributed by atoms with E-state index in [2.05, 4.69) is 9.69 Å². The SMILES string of the molecule is Cc1ccc(N(C(=O)c2snc(C(N)=O)c2N)[C@@H](C(=O)NCc2ccccc2)c2ccc(C)o2)cc1. The van der Waals surface area contributed by atoms with Gasteiger partial charge in [-0.25, -0.2) is 0 Å². The molecule has 184 valence electrons. The van der Waals surface area contributed by atoms with Crippen molar-refractivity contribution in [2.75, 3.05) is 10.6 Å². The summed E-state index contributed by atoms with van der Waals surface area (Å²) in [7, 11) is 0. The molecule has 4 aromatic rings. The maximum absolute atomic E-state index is 13.9. The molecule has 0 bridgehead atoms. The van der Waals surface area contributed by atoms with Crippen molar-refractivity contribution < 1.29 is 18.8 Å². The smallest absolute Gasteiger partial charge is 0.273 e. The first-order chi connectivity index (χ1) is 17.3. The largest absolute Gasteiger partial charge is 0.464 e. The average molecular weight is 504 g/mol. The quantitative estimate of drug-likeness (QED) is 0.334. The zero-order valence-electron chi connectivity index (χ0n) is 19.7. The Morgan fingerprint density at radius 2 is 1.72 bits per heavy atom. The van der Waals surface area contributed by atoms with E-state index in [0.29, 0.717) is 11.4 Å². The third-order valence-electron chi connectivity index (χ3n) is 5.53. The fourth-order valence-corrected chi connectivity index (χ4v) is 4.43. The van der Waals surface area contributed by atoms with Crippen molar-refractivity contribution in [1.82, 2.24) is 9.69 Å². The van der Waals surface area contributed by atoms with Crippen LogP contribution in [0.5, 0.6) is 0 Å². The second-order valence-electron chi connectivity index (χ2n) is 8.20. The molecule has 3 amide bonds. The lowest BCUT2D eigenvalue weighted by molar-refractivity contribution is -0.123. The third-order valence-corrected chi connectivity index (χ3v) is 6.38. The molecule has 4 rings (SSSR count). The molecule has 1 atom stereocenters. The van der Waals surface area contributed by atoms with Crippen LogP contribution in [-0.4, -0.2) is 22.1 Å². The van der Waals surface area contributed by atoms with Crippen molar-refractivity contribution in [3.05, 3.63) is 99.9 Å². The van der Waals surface area contributed by atoms with Gasteiger partial charge in [-0.2, -0.15) is 4.37 Å². The first kappa shape index (κ1) is 24.7. The summed E-state index contributed by atoms with van der Waals surface area (Å²) >= 11 is 0.749. The molecule has 0 fully saturated rings. The Morgan fingerprint density at radius 1 is 1.03 bits per heavy atom. The van der Waals surface area contributed by atoms with E-state index in [-0.39, 0.29) is 28.6 Å². The van der Waals surface area contributed by atoms with E-state index in [4.69, 9.17) is 15.9 Å². The third kappa shape index (κ3) is 5.13. The summed E-state index contributed by atoms with van der Waals surface area (Å²) in [4.78, 5) is 40.6. The molecule has 2 aromatic heterocycles. The van der Waals surface area contributed by atoms with Gasteiger partial charge in [0.1, 0.15) is 16.4 Å². The van der Waals surface area contributed by atoms with Gasteiger partial charge in [0, 0.05) is 12.2 Å². The van der Waals surface area contributed by atoms with Crippen LogP contribution >= 0.6 is 11.5 Å². The van der Waals surface area contributed by atoms with Crippen LogP contribution in [-0.2, 0) is 11.3 Å². The minimum absolute atomic E-state index is 0.00601. The minimum atomic E-state index is -1.17. The van der Waals surface area contributed by atoms with Gasteiger partial charge in [0.2, 0.25) is 0 Å². The maximum atomic E-state index is 13.9. The van der Waals surface area contributed by atoms with E-state index in [1.54, 1.807) is 31.2 Å². The van der Waals surface area contributed by atoms with Gasteiger partial charge in [-0.3, -0.25) is 19.3 Å². The van der Waals surface area contributed by atoms with Crippen molar-refractivity contribution in [2.24, 2.45) is 5.73 Å². The predicted molar refractivity (Wildman–Crippen MR) is 138 cm³/mol. The van der Waals surface area contributed by atoms with Gasteiger partial charge in [-0.05, 0) is 55.2 Å². The van der Waals surface area contributed by atoms with E-state index in [1.807, 2.05) is 49.4 Å². The highest BCUT2D eigenvalue weighted by Gasteiger charge is 2.37. The molecule has 9 nitrogen and oxygen atoms in total. The lowest BCUT2D eigenvalue weighted by Crippen LogP contribution is -2.43. The molecular weight excluding hydrogens is 478 g/mol. The van der Waals surface area contributed by atoms with Crippen LogP contribution in [0.25, 0.3) is 0 Å². The van der Waals surface area contributed by atoms with Crippen molar-refractivity contribution >= 4 is 40.6 Å². The Balaban J connectivity index is 1.80. The Bertz CT molecular complexity index is 1400. The molecule has 2 aromatic carbocycles. The van der Waals surface area contributed by atoms with Gasteiger partial charge in [0.05, 0.1) is 5.69 Å². The molecule has 0 spiro atoms. The number of hydrogen-bond donors (Lipinski definition) is 3. The number of primary amides is 1. The van der Waals surface area contributed by atoms with E-state index in [1.165, 1.54) is 4.90 Å². The Hall–Kier alpha value is -4.44. The van der Waals surface area contributed by atoms with E-state index in [0.717, 1.165) is 22.7 Å². The summed E-state index contributed by atoms with van der Waals surface area (Å²) in [5, 5.41) is 2.90. The number of nitrogens with one attached hydrogen (secondary N) is 1. The topological polar surface area (TPSA) is 145 Å². The first-order valence-electron chi connectivity index (χ1n) is 11.1. The fourth-order valence-electron chi connectivity index (χ4n) is 3.68. The number of carbonyl (C=O) groups is 3. The molecular formula is C26H25N5O4S. The monoisotopic (exact) mass is 503 g/mol. The molecule has 10 heteroatoms. The van der Waals surface area contributed by atoms with Crippen molar-refractivity contribution in [3.8, 4) is 0 Å². The van der Waals surface area contributed by atoms with E-state index < -0.39 is 23.8 Å². The average Bonchev–Trinajstić information content (AvgIpc) is 3.47. The highest BCUT2D eigenvalue weighted by Crippen LogP contribution is 2.34. The Morgan fingerprint density at radius 3 is 2.31 bits per heavy atom. The van der Waals surface area contributed by atoms with Gasteiger partial charge in [-0.15, -0.1) is 0 Å². The van der Waals surface area contributed by atoms with Gasteiger partial charge < -0.3 is 21.2 Å². The molecule has 0 unspecified atom stereocenters. The highest BCUT2D eigenvalue weighted by molar-refractivity contribution is 7.09. The molecule has 0 saturated heterocycles. The second-order valence-corrected chi connectivity index (χ2v) is 8.98. The molecule has 36 heavy (non-hydrogen) atoms.